The van der Waals surface area contributed by atoms with Crippen molar-refractivity contribution in [3.05, 3.63) is 65.7 Å². The molecule has 1 atom stereocenters. The molecular weight excluding hydrogens is 358 g/mol. The van der Waals surface area contributed by atoms with Crippen LogP contribution in [-0.4, -0.2) is 36.7 Å². The summed E-state index contributed by atoms with van der Waals surface area (Å²) in [5, 5.41) is 0. The van der Waals surface area contributed by atoms with E-state index in [1.807, 2.05) is 24.3 Å². The molecule has 1 saturated heterocycles. The van der Waals surface area contributed by atoms with Gasteiger partial charge in [0.15, 0.2) is 11.5 Å². The second-order valence-corrected chi connectivity index (χ2v) is 6.71. The third-order valence-corrected chi connectivity index (χ3v) is 4.79. The van der Waals surface area contributed by atoms with Gasteiger partial charge in [-0.1, -0.05) is 36.4 Å². The maximum absolute atomic E-state index is 12.9. The molecular formula is C22H21NO5. The lowest BCUT2D eigenvalue weighted by atomic mass is 10.1. The predicted octanol–water partition coefficient (Wildman–Crippen LogP) is 3.34. The maximum atomic E-state index is 12.9. The minimum Gasteiger partial charge on any atom is -0.454 e. The standard InChI is InChI=1S/C22H21NO5/c24-20(11-9-16-8-10-18-19(14-16)27-15-26-18)28-21(17-6-2-1-3-7-17)22(25)23-12-4-5-13-23/h1-3,6-11,14,21H,4-5,12-13,15H2/b11-9+/t21-/m0/s1. The first-order valence-electron chi connectivity index (χ1n) is 9.33. The van der Waals surface area contributed by atoms with Gasteiger partial charge in [-0.25, -0.2) is 4.79 Å². The molecule has 0 aromatic heterocycles. The normalized spacial score (nSPS) is 16.4. The Hall–Kier alpha value is -3.28. The van der Waals surface area contributed by atoms with Crippen molar-refractivity contribution in [2.24, 2.45) is 0 Å². The molecule has 0 saturated carbocycles. The summed E-state index contributed by atoms with van der Waals surface area (Å²) in [5.41, 5.74) is 1.45. The number of benzene rings is 2. The van der Waals surface area contributed by atoms with Crippen molar-refractivity contribution < 1.29 is 23.8 Å². The van der Waals surface area contributed by atoms with E-state index in [9.17, 15) is 9.59 Å². The highest BCUT2D eigenvalue weighted by atomic mass is 16.7. The minimum atomic E-state index is -0.937. The molecule has 2 aliphatic rings. The van der Waals surface area contributed by atoms with Gasteiger partial charge in [-0.2, -0.15) is 0 Å². The number of rotatable bonds is 5. The van der Waals surface area contributed by atoms with Crippen molar-refractivity contribution in [2.45, 2.75) is 18.9 Å². The Kier molecular flexibility index (Phi) is 5.28. The molecule has 0 bridgehead atoms. The predicted molar refractivity (Wildman–Crippen MR) is 103 cm³/mol. The molecule has 0 aliphatic carbocycles. The summed E-state index contributed by atoms with van der Waals surface area (Å²) >= 11 is 0. The molecule has 144 valence electrons. The molecule has 2 aromatic carbocycles. The van der Waals surface area contributed by atoms with Crippen molar-refractivity contribution in [1.29, 1.82) is 0 Å². The van der Waals surface area contributed by atoms with Crippen LogP contribution in [0.3, 0.4) is 0 Å². The third kappa shape index (κ3) is 4.01. The van der Waals surface area contributed by atoms with Gasteiger partial charge in [0, 0.05) is 24.7 Å². The van der Waals surface area contributed by atoms with E-state index in [1.54, 1.807) is 35.2 Å². The van der Waals surface area contributed by atoms with Crippen LogP contribution < -0.4 is 9.47 Å². The average molecular weight is 379 g/mol. The third-order valence-electron chi connectivity index (χ3n) is 4.79. The van der Waals surface area contributed by atoms with Gasteiger partial charge in [0.05, 0.1) is 0 Å². The smallest absolute Gasteiger partial charge is 0.331 e. The van der Waals surface area contributed by atoms with Crippen molar-refractivity contribution >= 4 is 18.0 Å². The Labute approximate surface area is 163 Å². The molecule has 4 rings (SSSR count). The first-order chi connectivity index (χ1) is 13.7. The average Bonchev–Trinajstić information content (AvgIpc) is 3.42. The van der Waals surface area contributed by atoms with Gasteiger partial charge in [-0.05, 0) is 36.6 Å². The Balaban J connectivity index is 1.48. The summed E-state index contributed by atoms with van der Waals surface area (Å²) < 4.78 is 16.2. The van der Waals surface area contributed by atoms with E-state index in [-0.39, 0.29) is 12.7 Å². The summed E-state index contributed by atoms with van der Waals surface area (Å²) in [6.07, 6.45) is 3.97. The Bertz CT molecular complexity index is 887. The number of esters is 1. The molecule has 0 N–H and O–H groups in total. The maximum Gasteiger partial charge on any atom is 0.331 e. The zero-order valence-electron chi connectivity index (χ0n) is 15.4. The second-order valence-electron chi connectivity index (χ2n) is 6.71. The van der Waals surface area contributed by atoms with Crippen molar-refractivity contribution in [1.82, 2.24) is 4.90 Å². The quantitative estimate of drug-likeness (QED) is 0.589. The van der Waals surface area contributed by atoms with Crippen molar-refractivity contribution in [3.63, 3.8) is 0 Å². The minimum absolute atomic E-state index is 0.173. The van der Waals surface area contributed by atoms with Crippen molar-refractivity contribution in [2.75, 3.05) is 19.9 Å². The van der Waals surface area contributed by atoms with Crippen LogP contribution in [0.4, 0.5) is 0 Å². The van der Waals surface area contributed by atoms with E-state index in [1.165, 1.54) is 6.08 Å². The summed E-state index contributed by atoms with van der Waals surface area (Å²) in [6, 6.07) is 14.5. The van der Waals surface area contributed by atoms with Gasteiger partial charge < -0.3 is 19.1 Å². The summed E-state index contributed by atoms with van der Waals surface area (Å²) in [4.78, 5) is 27.1. The van der Waals surface area contributed by atoms with E-state index in [4.69, 9.17) is 14.2 Å². The molecule has 0 unspecified atom stereocenters. The van der Waals surface area contributed by atoms with Gasteiger partial charge in [-0.3, -0.25) is 4.79 Å². The lowest BCUT2D eigenvalue weighted by Crippen LogP contribution is -2.34. The number of fused-ring (bicyclic) bond motifs is 1. The van der Waals surface area contributed by atoms with Gasteiger partial charge in [0.25, 0.3) is 5.91 Å². The van der Waals surface area contributed by atoms with Gasteiger partial charge >= 0.3 is 5.97 Å². The second kappa shape index (κ2) is 8.17. The number of likely N-dealkylation sites (tertiary alicyclic amines) is 1. The molecule has 6 heteroatoms. The molecule has 2 heterocycles. The molecule has 6 nitrogen and oxygen atoms in total. The SMILES string of the molecule is O=C(/C=C/c1ccc2c(c1)OCO2)O[C@H](C(=O)N1CCCC1)c1ccccc1. The molecule has 1 fully saturated rings. The van der Waals surface area contributed by atoms with Gasteiger partial charge in [-0.15, -0.1) is 0 Å². The molecule has 2 aromatic rings. The highest BCUT2D eigenvalue weighted by Gasteiger charge is 2.30. The van der Waals surface area contributed by atoms with Crippen LogP contribution in [0.2, 0.25) is 0 Å². The number of nitrogens with zero attached hydrogens (tertiary/aromatic N) is 1. The molecule has 0 spiro atoms. The topological polar surface area (TPSA) is 65.1 Å². The van der Waals surface area contributed by atoms with Crippen LogP contribution >= 0.6 is 0 Å². The lowest BCUT2D eigenvalue weighted by Gasteiger charge is -2.23. The van der Waals surface area contributed by atoms with E-state index >= 15 is 0 Å². The number of hydrogen-bond donors (Lipinski definition) is 0. The van der Waals surface area contributed by atoms with Crippen molar-refractivity contribution in [3.8, 4) is 11.5 Å². The van der Waals surface area contributed by atoms with Crippen LogP contribution in [0.25, 0.3) is 6.08 Å². The largest absolute Gasteiger partial charge is 0.454 e. The highest BCUT2D eigenvalue weighted by molar-refractivity contribution is 5.91. The van der Waals surface area contributed by atoms with Crippen LogP contribution in [0.1, 0.15) is 30.1 Å². The number of carbonyl (C=O) groups excluding carboxylic acids is 2. The zero-order chi connectivity index (χ0) is 19.3. The molecule has 1 amide bonds. The monoisotopic (exact) mass is 379 g/mol. The van der Waals surface area contributed by atoms with E-state index in [2.05, 4.69) is 0 Å². The van der Waals surface area contributed by atoms with E-state index in [0.717, 1.165) is 18.4 Å². The first kappa shape index (κ1) is 18.1. The fourth-order valence-electron chi connectivity index (χ4n) is 3.33. The van der Waals surface area contributed by atoms with Gasteiger partial charge in [0.2, 0.25) is 12.9 Å². The summed E-state index contributed by atoms with van der Waals surface area (Å²) in [7, 11) is 0. The summed E-state index contributed by atoms with van der Waals surface area (Å²) in [6.45, 7) is 1.60. The van der Waals surface area contributed by atoms with Crippen LogP contribution in [0, 0.1) is 0 Å². The Morgan fingerprint density at radius 1 is 1.00 bits per heavy atom. The fraction of sp³-hybridized carbons (Fsp3) is 0.273. The summed E-state index contributed by atoms with van der Waals surface area (Å²) in [5.74, 6) is 0.578. The number of amides is 1. The Morgan fingerprint density at radius 3 is 2.54 bits per heavy atom. The van der Waals surface area contributed by atoms with Crippen LogP contribution in [0.5, 0.6) is 11.5 Å². The zero-order valence-corrected chi connectivity index (χ0v) is 15.4. The highest BCUT2D eigenvalue weighted by Crippen LogP contribution is 2.32. The fourth-order valence-corrected chi connectivity index (χ4v) is 3.33. The lowest BCUT2D eigenvalue weighted by molar-refractivity contribution is -0.156. The van der Waals surface area contributed by atoms with E-state index in [0.29, 0.717) is 30.2 Å². The number of ether oxygens (including phenoxy) is 3. The van der Waals surface area contributed by atoms with Crippen LogP contribution in [-0.2, 0) is 14.3 Å². The molecule has 0 radical (unpaired) electrons. The first-order valence-corrected chi connectivity index (χ1v) is 9.33. The molecule has 28 heavy (non-hydrogen) atoms. The Morgan fingerprint density at radius 2 is 1.75 bits per heavy atom. The number of hydrogen-bond acceptors (Lipinski definition) is 5. The van der Waals surface area contributed by atoms with E-state index < -0.39 is 12.1 Å². The van der Waals surface area contributed by atoms with Gasteiger partial charge in [0.1, 0.15) is 0 Å². The molecule has 2 aliphatic heterocycles. The van der Waals surface area contributed by atoms with Crippen LogP contribution in [0.15, 0.2) is 54.6 Å². The number of carbonyl (C=O) groups is 2.